The second-order valence-electron chi connectivity index (χ2n) is 3.91. The van der Waals surface area contributed by atoms with Gasteiger partial charge in [-0.05, 0) is 19.8 Å². The van der Waals surface area contributed by atoms with Crippen LogP contribution in [-0.2, 0) is 9.59 Å². The van der Waals surface area contributed by atoms with E-state index in [4.69, 9.17) is 5.11 Å². The van der Waals surface area contributed by atoms with Crippen LogP contribution in [0.4, 0.5) is 4.79 Å². The molecule has 0 spiro atoms. The molecule has 0 aliphatic carbocycles. The number of hydrogen-bond acceptors (Lipinski definition) is 3. The van der Waals surface area contributed by atoms with Gasteiger partial charge in [0.2, 0.25) is 0 Å². The Labute approximate surface area is 88.1 Å². The molecular weight excluding hydrogens is 198 g/mol. The van der Waals surface area contributed by atoms with Gasteiger partial charge in [-0.3, -0.25) is 9.59 Å². The molecule has 5 nitrogen and oxygen atoms in total. The topological polar surface area (TPSA) is 74.7 Å². The van der Waals surface area contributed by atoms with Crippen LogP contribution < -0.4 is 0 Å². The summed E-state index contributed by atoms with van der Waals surface area (Å²) in [6.45, 7) is 2.09. The fourth-order valence-corrected chi connectivity index (χ4v) is 1.80. The van der Waals surface area contributed by atoms with Gasteiger partial charge < -0.3 is 10.0 Å². The monoisotopic (exact) mass is 213 g/mol. The molecule has 1 atom stereocenters. The first-order valence-corrected chi connectivity index (χ1v) is 5.00. The van der Waals surface area contributed by atoms with Crippen LogP contribution >= 0.6 is 0 Å². The molecule has 1 heterocycles. The van der Waals surface area contributed by atoms with Gasteiger partial charge in [-0.1, -0.05) is 0 Å². The number of carboxylic acid groups (broad SMARTS) is 1. The van der Waals surface area contributed by atoms with E-state index in [1.807, 2.05) is 0 Å². The van der Waals surface area contributed by atoms with E-state index >= 15 is 0 Å². The van der Waals surface area contributed by atoms with Gasteiger partial charge in [0.05, 0.1) is 6.42 Å². The first-order chi connectivity index (χ1) is 7.00. The Morgan fingerprint density at radius 2 is 2.07 bits per heavy atom. The van der Waals surface area contributed by atoms with E-state index in [9.17, 15) is 14.4 Å². The van der Waals surface area contributed by atoms with Crippen molar-refractivity contribution >= 4 is 17.7 Å². The smallest absolute Gasteiger partial charge is 0.407 e. The molecule has 1 saturated heterocycles. The molecule has 1 fully saturated rings. The van der Waals surface area contributed by atoms with E-state index in [2.05, 4.69) is 0 Å². The van der Waals surface area contributed by atoms with Gasteiger partial charge in [-0.25, -0.2) is 4.79 Å². The number of hydrogen-bond donors (Lipinski definition) is 1. The van der Waals surface area contributed by atoms with Crippen molar-refractivity contribution in [2.45, 2.75) is 26.2 Å². The summed E-state index contributed by atoms with van der Waals surface area (Å²) in [5.74, 6) is -0.584. The van der Waals surface area contributed by atoms with E-state index in [0.29, 0.717) is 19.4 Å². The van der Waals surface area contributed by atoms with Crippen LogP contribution in [0.3, 0.4) is 0 Å². The summed E-state index contributed by atoms with van der Waals surface area (Å²) in [5.41, 5.74) is 0. The predicted molar refractivity (Wildman–Crippen MR) is 52.6 cm³/mol. The van der Waals surface area contributed by atoms with Crippen LogP contribution in [0, 0.1) is 5.92 Å². The Hall–Kier alpha value is -1.39. The lowest BCUT2D eigenvalue weighted by Crippen LogP contribution is -2.41. The number of rotatable bonds is 3. The van der Waals surface area contributed by atoms with E-state index in [1.165, 1.54) is 11.8 Å². The summed E-state index contributed by atoms with van der Waals surface area (Å²) < 4.78 is 0. The lowest BCUT2D eigenvalue weighted by Gasteiger charge is -2.29. The van der Waals surface area contributed by atoms with Gasteiger partial charge >= 0.3 is 6.09 Å². The number of Topliss-reactive ketones (excluding diaryl/α,β-unsaturated/α-hetero) is 2. The number of ketones is 2. The van der Waals surface area contributed by atoms with E-state index in [-0.39, 0.29) is 30.4 Å². The van der Waals surface area contributed by atoms with Gasteiger partial charge in [-0.15, -0.1) is 0 Å². The van der Waals surface area contributed by atoms with E-state index < -0.39 is 6.09 Å². The third kappa shape index (κ3) is 3.34. The summed E-state index contributed by atoms with van der Waals surface area (Å²) in [4.78, 5) is 34.2. The summed E-state index contributed by atoms with van der Waals surface area (Å²) in [6.07, 6.45) is 0.324. The number of carbonyl (C=O) groups excluding carboxylic acids is 2. The first kappa shape index (κ1) is 11.7. The highest BCUT2D eigenvalue weighted by atomic mass is 16.4. The van der Waals surface area contributed by atoms with E-state index in [0.717, 1.165) is 0 Å². The number of nitrogens with zero attached hydrogens (tertiary/aromatic N) is 1. The second-order valence-corrected chi connectivity index (χ2v) is 3.91. The third-order valence-corrected chi connectivity index (χ3v) is 2.57. The van der Waals surface area contributed by atoms with Crippen LogP contribution in [0.2, 0.25) is 0 Å². The highest BCUT2D eigenvalue weighted by molar-refractivity contribution is 5.99. The van der Waals surface area contributed by atoms with Crippen LogP contribution in [-0.4, -0.2) is 40.8 Å². The Balaban J connectivity index is 2.52. The Morgan fingerprint density at radius 3 is 2.60 bits per heavy atom. The Morgan fingerprint density at radius 1 is 1.40 bits per heavy atom. The summed E-state index contributed by atoms with van der Waals surface area (Å²) in [5, 5.41) is 8.77. The lowest BCUT2D eigenvalue weighted by atomic mass is 9.91. The zero-order chi connectivity index (χ0) is 11.4. The van der Waals surface area contributed by atoms with Crippen molar-refractivity contribution in [1.29, 1.82) is 0 Å². The molecule has 1 aliphatic rings. The van der Waals surface area contributed by atoms with Crippen molar-refractivity contribution in [3.8, 4) is 0 Å². The van der Waals surface area contributed by atoms with Crippen molar-refractivity contribution < 1.29 is 19.5 Å². The van der Waals surface area contributed by atoms with Crippen LogP contribution in [0.25, 0.3) is 0 Å². The molecule has 15 heavy (non-hydrogen) atoms. The van der Waals surface area contributed by atoms with Gasteiger partial charge in [-0.2, -0.15) is 0 Å². The maximum Gasteiger partial charge on any atom is 0.407 e. The highest BCUT2D eigenvalue weighted by Crippen LogP contribution is 2.18. The molecule has 1 aliphatic heterocycles. The molecule has 1 N–H and O–H groups in total. The minimum atomic E-state index is -0.990. The second kappa shape index (κ2) is 4.91. The molecule has 0 saturated carbocycles. The first-order valence-electron chi connectivity index (χ1n) is 5.00. The average Bonchev–Trinajstić information content (AvgIpc) is 2.17. The number of likely N-dealkylation sites (tertiary alicyclic amines) is 1. The zero-order valence-electron chi connectivity index (χ0n) is 8.73. The molecular formula is C10H15NO4. The standard InChI is InChI=1S/C10H15NO4/c1-7(12)5-9(13)8-3-2-4-11(6-8)10(14)15/h8H,2-6H2,1H3,(H,14,15)/t8-/m1/s1. The van der Waals surface area contributed by atoms with Crippen LogP contribution in [0.5, 0.6) is 0 Å². The summed E-state index contributed by atoms with van der Waals surface area (Å²) in [7, 11) is 0. The number of amides is 1. The van der Waals surface area contributed by atoms with Gasteiger partial charge in [0.15, 0.2) is 0 Å². The number of carbonyl (C=O) groups is 3. The van der Waals surface area contributed by atoms with Crippen molar-refractivity contribution in [3.05, 3.63) is 0 Å². The minimum Gasteiger partial charge on any atom is -0.465 e. The fraction of sp³-hybridized carbons (Fsp3) is 0.700. The van der Waals surface area contributed by atoms with Crippen molar-refractivity contribution in [1.82, 2.24) is 4.90 Å². The Kier molecular flexibility index (Phi) is 3.82. The predicted octanol–water partition coefficient (Wildman–Crippen LogP) is 0.925. The molecule has 0 unspecified atom stereocenters. The highest BCUT2D eigenvalue weighted by Gasteiger charge is 2.28. The molecule has 0 aromatic heterocycles. The Bertz CT molecular complexity index is 287. The SMILES string of the molecule is CC(=O)CC(=O)[C@@H]1CCCN(C(=O)O)C1. The molecule has 0 aromatic carbocycles. The normalized spacial score (nSPS) is 21.1. The average molecular weight is 213 g/mol. The van der Waals surface area contributed by atoms with Gasteiger partial charge in [0.1, 0.15) is 11.6 Å². The van der Waals surface area contributed by atoms with Gasteiger partial charge in [0.25, 0.3) is 0 Å². The summed E-state index contributed by atoms with van der Waals surface area (Å²) >= 11 is 0. The van der Waals surface area contributed by atoms with Crippen molar-refractivity contribution in [2.75, 3.05) is 13.1 Å². The molecule has 1 rings (SSSR count). The lowest BCUT2D eigenvalue weighted by molar-refractivity contribution is -0.129. The molecule has 84 valence electrons. The van der Waals surface area contributed by atoms with Gasteiger partial charge in [0, 0.05) is 19.0 Å². The molecule has 0 radical (unpaired) electrons. The molecule has 0 bridgehead atoms. The molecule has 1 amide bonds. The third-order valence-electron chi connectivity index (χ3n) is 2.57. The maximum atomic E-state index is 11.5. The largest absolute Gasteiger partial charge is 0.465 e. The van der Waals surface area contributed by atoms with Crippen LogP contribution in [0.1, 0.15) is 26.2 Å². The molecule has 5 heteroatoms. The van der Waals surface area contributed by atoms with Crippen molar-refractivity contribution in [2.24, 2.45) is 5.92 Å². The van der Waals surface area contributed by atoms with Crippen LogP contribution in [0.15, 0.2) is 0 Å². The minimum absolute atomic E-state index is 0.0713. The summed E-state index contributed by atoms with van der Waals surface area (Å²) in [6, 6.07) is 0. The van der Waals surface area contributed by atoms with Crippen molar-refractivity contribution in [3.63, 3.8) is 0 Å². The fourth-order valence-electron chi connectivity index (χ4n) is 1.80. The number of piperidine rings is 1. The molecule has 0 aromatic rings. The van der Waals surface area contributed by atoms with E-state index in [1.54, 1.807) is 0 Å². The zero-order valence-corrected chi connectivity index (χ0v) is 8.73. The quantitative estimate of drug-likeness (QED) is 0.707. The maximum absolute atomic E-state index is 11.5.